The molecule has 0 bridgehead atoms. The van der Waals surface area contributed by atoms with E-state index in [9.17, 15) is 9.59 Å². The summed E-state index contributed by atoms with van der Waals surface area (Å²) in [4.78, 5) is 30.1. The SMILES string of the molecule is O=C1C(=O)N(Cc2nc3ccccc3s2)c2ccccc21. The van der Waals surface area contributed by atoms with E-state index in [-0.39, 0.29) is 0 Å². The van der Waals surface area contributed by atoms with Crippen molar-refractivity contribution >= 4 is 38.9 Å². The van der Waals surface area contributed by atoms with Crippen LogP contribution in [0, 0.1) is 0 Å². The van der Waals surface area contributed by atoms with Crippen LogP contribution in [0.1, 0.15) is 15.4 Å². The highest BCUT2D eigenvalue weighted by atomic mass is 32.1. The zero-order valence-electron chi connectivity index (χ0n) is 10.9. The molecule has 4 rings (SSSR count). The van der Waals surface area contributed by atoms with Crippen molar-refractivity contribution in [2.24, 2.45) is 0 Å². The van der Waals surface area contributed by atoms with Crippen LogP contribution >= 0.6 is 11.3 Å². The molecule has 1 aromatic heterocycles. The number of thiazole rings is 1. The Kier molecular flexibility index (Phi) is 2.62. The van der Waals surface area contributed by atoms with Gasteiger partial charge in [0.2, 0.25) is 0 Å². The van der Waals surface area contributed by atoms with Crippen molar-refractivity contribution in [2.75, 3.05) is 4.90 Å². The van der Waals surface area contributed by atoms with E-state index in [1.807, 2.05) is 30.3 Å². The molecular weight excluding hydrogens is 284 g/mol. The smallest absolute Gasteiger partial charge is 0.298 e. The second-order valence-corrected chi connectivity index (χ2v) is 5.93. The first-order valence-corrected chi connectivity index (χ1v) is 7.35. The molecule has 1 aliphatic heterocycles. The molecule has 2 heterocycles. The minimum atomic E-state index is -0.476. The molecule has 5 heteroatoms. The predicted octanol–water partition coefficient (Wildman–Crippen LogP) is 3.03. The van der Waals surface area contributed by atoms with Crippen LogP contribution in [0.15, 0.2) is 48.5 Å². The number of hydrogen-bond donors (Lipinski definition) is 0. The highest BCUT2D eigenvalue weighted by molar-refractivity contribution is 7.18. The molecule has 3 aromatic rings. The summed E-state index contributed by atoms with van der Waals surface area (Å²) in [7, 11) is 0. The zero-order valence-corrected chi connectivity index (χ0v) is 11.8. The molecule has 0 saturated heterocycles. The maximum Gasteiger partial charge on any atom is 0.299 e. The van der Waals surface area contributed by atoms with Crippen LogP contribution in [0.2, 0.25) is 0 Å². The molecule has 1 aliphatic rings. The van der Waals surface area contributed by atoms with Gasteiger partial charge in [0.25, 0.3) is 11.7 Å². The summed E-state index contributed by atoms with van der Waals surface area (Å²) in [5.41, 5.74) is 2.07. The number of ketones is 1. The van der Waals surface area contributed by atoms with E-state index < -0.39 is 11.7 Å². The number of carbonyl (C=O) groups excluding carboxylic acids is 2. The topological polar surface area (TPSA) is 50.3 Å². The van der Waals surface area contributed by atoms with Gasteiger partial charge in [0, 0.05) is 0 Å². The lowest BCUT2D eigenvalue weighted by molar-refractivity contribution is -0.114. The number of carbonyl (C=O) groups is 2. The number of amides is 1. The number of para-hydroxylation sites is 2. The minimum absolute atomic E-state index is 0.334. The van der Waals surface area contributed by atoms with Gasteiger partial charge in [-0.25, -0.2) is 4.98 Å². The number of rotatable bonds is 2. The second-order valence-electron chi connectivity index (χ2n) is 4.81. The summed E-state index contributed by atoms with van der Waals surface area (Å²) in [6.07, 6.45) is 0. The van der Waals surface area contributed by atoms with Crippen LogP contribution in [0.3, 0.4) is 0 Å². The molecule has 21 heavy (non-hydrogen) atoms. The number of Topliss-reactive ketones (excluding diaryl/α,β-unsaturated/α-hetero) is 1. The first-order valence-electron chi connectivity index (χ1n) is 6.54. The summed E-state index contributed by atoms with van der Waals surface area (Å²) in [5.74, 6) is -0.915. The minimum Gasteiger partial charge on any atom is -0.298 e. The predicted molar refractivity (Wildman–Crippen MR) is 81.6 cm³/mol. The van der Waals surface area contributed by atoms with Crippen LogP contribution in [0.5, 0.6) is 0 Å². The molecule has 2 aromatic carbocycles. The Morgan fingerprint density at radius 2 is 1.76 bits per heavy atom. The van der Waals surface area contributed by atoms with Crippen molar-refractivity contribution in [3.05, 3.63) is 59.1 Å². The zero-order chi connectivity index (χ0) is 14.4. The lowest BCUT2D eigenvalue weighted by atomic mass is 10.1. The number of anilines is 1. The van der Waals surface area contributed by atoms with Gasteiger partial charge in [0.1, 0.15) is 5.01 Å². The van der Waals surface area contributed by atoms with Crippen molar-refractivity contribution in [1.29, 1.82) is 0 Å². The highest BCUT2D eigenvalue weighted by Crippen LogP contribution is 2.31. The van der Waals surface area contributed by atoms with Gasteiger partial charge in [0.15, 0.2) is 0 Å². The number of hydrogen-bond acceptors (Lipinski definition) is 4. The summed E-state index contributed by atoms with van der Waals surface area (Å²) in [6, 6.07) is 14.9. The first kappa shape index (κ1) is 12.2. The van der Waals surface area contributed by atoms with Crippen molar-refractivity contribution in [1.82, 2.24) is 4.98 Å². The van der Waals surface area contributed by atoms with Gasteiger partial charge in [-0.3, -0.25) is 14.5 Å². The van der Waals surface area contributed by atoms with Crippen molar-refractivity contribution in [3.8, 4) is 0 Å². The summed E-state index contributed by atoms with van der Waals surface area (Å²) < 4.78 is 1.08. The molecular formula is C16H10N2O2S. The van der Waals surface area contributed by atoms with E-state index in [0.717, 1.165) is 15.2 Å². The Bertz CT molecular complexity index is 852. The average molecular weight is 294 g/mol. The van der Waals surface area contributed by atoms with Crippen LogP contribution in [-0.4, -0.2) is 16.7 Å². The van der Waals surface area contributed by atoms with Crippen molar-refractivity contribution < 1.29 is 9.59 Å². The third-order valence-electron chi connectivity index (χ3n) is 3.51. The van der Waals surface area contributed by atoms with E-state index in [1.54, 1.807) is 29.5 Å². The van der Waals surface area contributed by atoms with Gasteiger partial charge in [-0.15, -0.1) is 11.3 Å². The quantitative estimate of drug-likeness (QED) is 0.683. The van der Waals surface area contributed by atoms with Gasteiger partial charge in [0.05, 0.1) is 28.0 Å². The van der Waals surface area contributed by atoms with E-state index in [0.29, 0.717) is 17.8 Å². The molecule has 0 unspecified atom stereocenters. The van der Waals surface area contributed by atoms with Crippen LogP contribution in [0.4, 0.5) is 5.69 Å². The Balaban J connectivity index is 1.74. The molecule has 0 atom stereocenters. The van der Waals surface area contributed by atoms with Crippen LogP contribution in [-0.2, 0) is 11.3 Å². The van der Waals surface area contributed by atoms with E-state index in [4.69, 9.17) is 0 Å². The fourth-order valence-corrected chi connectivity index (χ4v) is 3.48. The monoisotopic (exact) mass is 294 g/mol. The van der Waals surface area contributed by atoms with Crippen LogP contribution < -0.4 is 4.90 Å². The Labute approximate surface area is 124 Å². The van der Waals surface area contributed by atoms with Crippen molar-refractivity contribution in [2.45, 2.75) is 6.54 Å². The molecule has 0 fully saturated rings. The first-order chi connectivity index (χ1) is 10.2. The normalized spacial score (nSPS) is 14.0. The second kappa shape index (κ2) is 4.49. The number of aromatic nitrogens is 1. The maximum absolute atomic E-state index is 12.1. The van der Waals surface area contributed by atoms with Crippen molar-refractivity contribution in [3.63, 3.8) is 0 Å². The standard InChI is InChI=1S/C16H10N2O2S/c19-15-10-5-1-3-7-12(10)18(16(15)20)9-14-17-11-6-2-4-8-13(11)21-14/h1-8H,9H2. The Morgan fingerprint density at radius 3 is 2.62 bits per heavy atom. The van der Waals surface area contributed by atoms with Gasteiger partial charge in [-0.1, -0.05) is 24.3 Å². The largest absolute Gasteiger partial charge is 0.299 e. The fraction of sp³-hybridized carbons (Fsp3) is 0.0625. The van der Waals surface area contributed by atoms with E-state index in [1.165, 1.54) is 4.90 Å². The Hall–Kier alpha value is -2.53. The fourth-order valence-electron chi connectivity index (χ4n) is 2.53. The van der Waals surface area contributed by atoms with Gasteiger partial charge in [-0.05, 0) is 24.3 Å². The third-order valence-corrected chi connectivity index (χ3v) is 4.53. The molecule has 0 radical (unpaired) electrons. The van der Waals surface area contributed by atoms with Gasteiger partial charge >= 0.3 is 0 Å². The lowest BCUT2D eigenvalue weighted by Crippen LogP contribution is -2.29. The van der Waals surface area contributed by atoms with Crippen LogP contribution in [0.25, 0.3) is 10.2 Å². The summed E-state index contributed by atoms with van der Waals surface area (Å²) in [6.45, 7) is 0.334. The highest BCUT2D eigenvalue weighted by Gasteiger charge is 2.35. The van der Waals surface area contributed by atoms with Gasteiger partial charge < -0.3 is 0 Å². The Morgan fingerprint density at radius 1 is 1.00 bits per heavy atom. The van der Waals surface area contributed by atoms with E-state index >= 15 is 0 Å². The van der Waals surface area contributed by atoms with Gasteiger partial charge in [-0.2, -0.15) is 0 Å². The summed E-state index contributed by atoms with van der Waals surface area (Å²) >= 11 is 1.55. The maximum atomic E-state index is 12.1. The average Bonchev–Trinajstić information content (AvgIpc) is 3.02. The molecule has 4 nitrogen and oxygen atoms in total. The number of fused-ring (bicyclic) bond motifs is 2. The van der Waals surface area contributed by atoms with E-state index in [2.05, 4.69) is 4.98 Å². The number of benzene rings is 2. The molecule has 1 amide bonds. The number of nitrogens with zero attached hydrogens (tertiary/aromatic N) is 2. The lowest BCUT2D eigenvalue weighted by Gasteiger charge is -2.14. The molecule has 0 N–H and O–H groups in total. The molecule has 0 aliphatic carbocycles. The summed E-state index contributed by atoms with van der Waals surface area (Å²) in [5, 5.41) is 0.828. The molecule has 102 valence electrons. The molecule has 0 saturated carbocycles. The molecule has 0 spiro atoms. The third kappa shape index (κ3) is 1.86.